The number of benzene rings is 2. The van der Waals surface area contributed by atoms with Crippen molar-refractivity contribution in [2.45, 2.75) is 51.0 Å². The summed E-state index contributed by atoms with van der Waals surface area (Å²) in [5.41, 5.74) is 4.71. The molecule has 1 fully saturated rings. The fourth-order valence-electron chi connectivity index (χ4n) is 5.23. The van der Waals surface area contributed by atoms with Crippen molar-refractivity contribution < 1.29 is 24.2 Å². The van der Waals surface area contributed by atoms with Crippen LogP contribution in [0.15, 0.2) is 48.5 Å². The van der Waals surface area contributed by atoms with Crippen LogP contribution in [0.4, 0.5) is 4.79 Å². The zero-order valence-electron chi connectivity index (χ0n) is 19.5. The van der Waals surface area contributed by atoms with E-state index in [9.17, 15) is 19.5 Å². The molecule has 0 radical (unpaired) electrons. The molecule has 0 saturated carbocycles. The molecule has 7 heteroatoms. The number of hydrogen-bond acceptors (Lipinski definition) is 4. The van der Waals surface area contributed by atoms with Gasteiger partial charge in [0.2, 0.25) is 5.91 Å². The summed E-state index contributed by atoms with van der Waals surface area (Å²) in [6.45, 7) is 3.06. The number of carbonyl (C=O) groups excluding carboxylic acids is 2. The maximum Gasteiger partial charge on any atom is 0.407 e. The monoisotopic (exact) mass is 464 g/mol. The van der Waals surface area contributed by atoms with Crippen LogP contribution in [-0.2, 0) is 14.3 Å². The summed E-state index contributed by atoms with van der Waals surface area (Å²) in [4.78, 5) is 37.9. The fourth-order valence-corrected chi connectivity index (χ4v) is 5.23. The number of fused-ring (bicyclic) bond motifs is 3. The highest BCUT2D eigenvalue weighted by atomic mass is 16.5. The first kappa shape index (κ1) is 23.8. The number of hydrogen-bond donors (Lipinski definition) is 2. The Morgan fingerprint density at radius 2 is 1.68 bits per heavy atom. The first-order valence-corrected chi connectivity index (χ1v) is 12.1. The number of ether oxygens (including phenoxy) is 1. The van der Waals surface area contributed by atoms with E-state index in [4.69, 9.17) is 4.74 Å². The van der Waals surface area contributed by atoms with Gasteiger partial charge in [-0.05, 0) is 53.9 Å². The van der Waals surface area contributed by atoms with E-state index in [1.165, 1.54) is 27.2 Å². The summed E-state index contributed by atoms with van der Waals surface area (Å²) in [5, 5.41) is 12.2. The molecule has 1 heterocycles. The molecule has 2 unspecified atom stereocenters. The van der Waals surface area contributed by atoms with Crippen LogP contribution in [0.25, 0.3) is 11.1 Å². The van der Waals surface area contributed by atoms with Crippen molar-refractivity contribution in [3.8, 4) is 11.1 Å². The molecular weight excluding hydrogens is 432 g/mol. The van der Waals surface area contributed by atoms with Gasteiger partial charge in [0.15, 0.2) is 0 Å². The second kappa shape index (κ2) is 10.7. The molecule has 180 valence electrons. The molecule has 0 aromatic heterocycles. The third-order valence-corrected chi connectivity index (χ3v) is 6.94. The number of carboxylic acid groups (broad SMARTS) is 1. The summed E-state index contributed by atoms with van der Waals surface area (Å²) in [6.07, 6.45) is 2.67. The van der Waals surface area contributed by atoms with Gasteiger partial charge < -0.3 is 20.1 Å². The second-order valence-electron chi connectivity index (χ2n) is 9.20. The summed E-state index contributed by atoms with van der Waals surface area (Å²) >= 11 is 0. The van der Waals surface area contributed by atoms with Crippen LogP contribution >= 0.6 is 0 Å². The lowest BCUT2D eigenvalue weighted by atomic mass is 9.90. The number of piperidine rings is 1. The summed E-state index contributed by atoms with van der Waals surface area (Å²) in [7, 11) is 0. The Kier molecular flexibility index (Phi) is 7.50. The molecule has 2 aromatic carbocycles. The van der Waals surface area contributed by atoms with Gasteiger partial charge in [-0.3, -0.25) is 4.79 Å². The molecule has 34 heavy (non-hydrogen) atoms. The van der Waals surface area contributed by atoms with Crippen molar-refractivity contribution in [2.75, 3.05) is 19.7 Å². The second-order valence-corrected chi connectivity index (χ2v) is 9.20. The number of likely N-dealkylation sites (tertiary alicyclic amines) is 1. The van der Waals surface area contributed by atoms with Crippen molar-refractivity contribution in [2.24, 2.45) is 5.92 Å². The number of rotatable bonds is 8. The third kappa shape index (κ3) is 5.08. The van der Waals surface area contributed by atoms with Crippen LogP contribution in [0.3, 0.4) is 0 Å². The molecular formula is C27H32N2O5. The Balaban J connectivity index is 1.19. The quantitative estimate of drug-likeness (QED) is 0.565. The van der Waals surface area contributed by atoms with Crippen LogP contribution in [0.5, 0.6) is 0 Å². The summed E-state index contributed by atoms with van der Waals surface area (Å²) in [6, 6.07) is 15.7. The minimum Gasteiger partial charge on any atom is -0.480 e. The van der Waals surface area contributed by atoms with E-state index in [1.807, 2.05) is 31.2 Å². The Hall–Kier alpha value is -3.35. The topological polar surface area (TPSA) is 95.9 Å². The van der Waals surface area contributed by atoms with Crippen molar-refractivity contribution in [1.82, 2.24) is 10.2 Å². The van der Waals surface area contributed by atoms with Gasteiger partial charge in [-0.25, -0.2) is 9.59 Å². The molecule has 2 amide bonds. The van der Waals surface area contributed by atoms with Crippen LogP contribution in [0, 0.1) is 5.92 Å². The molecule has 4 rings (SSSR count). The highest BCUT2D eigenvalue weighted by molar-refractivity contribution is 5.84. The number of alkyl carbamates (subject to hydrolysis) is 1. The highest BCUT2D eigenvalue weighted by Gasteiger charge is 2.36. The third-order valence-electron chi connectivity index (χ3n) is 6.94. The van der Waals surface area contributed by atoms with Gasteiger partial charge in [0.1, 0.15) is 12.6 Å². The zero-order valence-corrected chi connectivity index (χ0v) is 19.5. The highest BCUT2D eigenvalue weighted by Crippen LogP contribution is 2.44. The number of nitrogens with one attached hydrogen (secondary N) is 1. The number of amides is 2. The maximum atomic E-state index is 12.6. The zero-order chi connectivity index (χ0) is 24.1. The van der Waals surface area contributed by atoms with Crippen molar-refractivity contribution in [3.63, 3.8) is 0 Å². The predicted octanol–water partition coefficient (Wildman–Crippen LogP) is 4.41. The van der Waals surface area contributed by atoms with Crippen LogP contribution < -0.4 is 5.32 Å². The normalized spacial score (nSPS) is 19.3. The largest absolute Gasteiger partial charge is 0.480 e. The summed E-state index contributed by atoms with van der Waals surface area (Å²) in [5.74, 6) is -1.08. The van der Waals surface area contributed by atoms with E-state index in [2.05, 4.69) is 29.6 Å². The fraction of sp³-hybridized carbons (Fsp3) is 0.444. The van der Waals surface area contributed by atoms with Gasteiger partial charge in [-0.15, -0.1) is 0 Å². The lowest BCUT2D eigenvalue weighted by molar-refractivity contribution is -0.154. The Labute approximate surface area is 200 Å². The number of nitrogens with zero attached hydrogens (tertiary/aromatic N) is 1. The van der Waals surface area contributed by atoms with E-state index in [0.29, 0.717) is 25.9 Å². The maximum absolute atomic E-state index is 12.6. The van der Waals surface area contributed by atoms with E-state index in [1.54, 1.807) is 0 Å². The van der Waals surface area contributed by atoms with Crippen LogP contribution in [0.1, 0.15) is 56.1 Å². The molecule has 2 aromatic rings. The molecule has 1 aliphatic carbocycles. The Morgan fingerprint density at radius 3 is 2.32 bits per heavy atom. The van der Waals surface area contributed by atoms with Gasteiger partial charge >= 0.3 is 12.1 Å². The first-order valence-electron chi connectivity index (χ1n) is 12.1. The van der Waals surface area contributed by atoms with E-state index >= 15 is 0 Å². The average Bonchev–Trinajstić information content (AvgIpc) is 3.15. The molecule has 7 nitrogen and oxygen atoms in total. The standard InChI is InChI=1S/C27H32N2O5/c1-18-9-8-16-29(25(18)26(31)32)24(30)14-6-7-15-28-27(33)34-17-23-21-12-4-2-10-19(21)20-11-3-5-13-22(20)23/h2-5,10-13,18,23,25H,6-9,14-17H2,1H3,(H,28,33)(H,31,32). The van der Waals surface area contributed by atoms with E-state index in [0.717, 1.165) is 12.8 Å². The molecule has 0 spiro atoms. The molecule has 2 aliphatic rings. The average molecular weight is 465 g/mol. The Bertz CT molecular complexity index is 1010. The number of carbonyl (C=O) groups is 3. The number of unbranched alkanes of at least 4 members (excludes halogenated alkanes) is 1. The van der Waals surface area contributed by atoms with E-state index in [-0.39, 0.29) is 30.8 Å². The number of carboxylic acids is 1. The minimum atomic E-state index is -0.933. The van der Waals surface area contributed by atoms with Gasteiger partial charge in [0.05, 0.1) is 0 Å². The molecule has 0 bridgehead atoms. The molecule has 2 N–H and O–H groups in total. The van der Waals surface area contributed by atoms with Gasteiger partial charge in [-0.2, -0.15) is 0 Å². The lowest BCUT2D eigenvalue weighted by Gasteiger charge is -2.37. The summed E-state index contributed by atoms with van der Waals surface area (Å²) < 4.78 is 5.52. The Morgan fingerprint density at radius 1 is 1.03 bits per heavy atom. The van der Waals surface area contributed by atoms with Gasteiger partial charge in [0.25, 0.3) is 0 Å². The van der Waals surface area contributed by atoms with Crippen molar-refractivity contribution >= 4 is 18.0 Å². The SMILES string of the molecule is CC1CCCN(C(=O)CCCCNC(=O)OCC2c3ccccc3-c3ccccc32)C1C(=O)O. The molecule has 1 saturated heterocycles. The predicted molar refractivity (Wildman–Crippen MR) is 128 cm³/mol. The minimum absolute atomic E-state index is 0.0184. The molecule has 2 atom stereocenters. The number of aliphatic carboxylic acids is 1. The van der Waals surface area contributed by atoms with E-state index < -0.39 is 18.1 Å². The molecule has 1 aliphatic heterocycles. The van der Waals surface area contributed by atoms with Gasteiger partial charge in [-0.1, -0.05) is 55.5 Å². The van der Waals surface area contributed by atoms with Crippen LogP contribution in [0.2, 0.25) is 0 Å². The smallest absolute Gasteiger partial charge is 0.407 e. The lowest BCUT2D eigenvalue weighted by Crippen LogP contribution is -2.51. The van der Waals surface area contributed by atoms with Crippen LogP contribution in [-0.4, -0.2) is 53.7 Å². The van der Waals surface area contributed by atoms with Crippen molar-refractivity contribution in [1.29, 1.82) is 0 Å². The first-order chi connectivity index (χ1) is 16.5. The van der Waals surface area contributed by atoms with Gasteiger partial charge in [0, 0.05) is 25.4 Å². The van der Waals surface area contributed by atoms with Crippen molar-refractivity contribution in [3.05, 3.63) is 59.7 Å².